The Bertz CT molecular complexity index is 1910. The molecule has 210 valence electrons. The molecule has 0 amide bonds. The van der Waals surface area contributed by atoms with Crippen molar-refractivity contribution in [2.75, 3.05) is 0 Å². The van der Waals surface area contributed by atoms with Crippen LogP contribution in [0.4, 0.5) is 0 Å². The quantitative estimate of drug-likeness (QED) is 0.188. The minimum atomic E-state index is -0.137. The van der Waals surface area contributed by atoms with E-state index in [1.807, 2.05) is 48.5 Å². The molecule has 6 nitrogen and oxygen atoms in total. The summed E-state index contributed by atoms with van der Waals surface area (Å²) in [7, 11) is 0. The molecule has 2 aromatic heterocycles. The molecule has 6 rings (SSSR count). The SMILES string of the molecule is CCCc1nc2ccc(Cl)cc2c(=O)n1-c1ccc(-c2ccc(-n3c(CCC)nc4ccc(Cl)cc4c3=O)cc2)cc1. The summed E-state index contributed by atoms with van der Waals surface area (Å²) in [6, 6.07) is 26.1. The van der Waals surface area contributed by atoms with Gasteiger partial charge < -0.3 is 0 Å². The zero-order valence-corrected chi connectivity index (χ0v) is 24.8. The average molecular weight is 596 g/mol. The Hall–Kier alpha value is -4.26. The van der Waals surface area contributed by atoms with Gasteiger partial charge in [-0.2, -0.15) is 0 Å². The first-order valence-corrected chi connectivity index (χ1v) is 14.8. The van der Waals surface area contributed by atoms with Crippen LogP contribution in [0.1, 0.15) is 38.3 Å². The van der Waals surface area contributed by atoms with E-state index in [1.165, 1.54) is 0 Å². The number of hydrogen-bond donors (Lipinski definition) is 0. The first-order valence-electron chi connectivity index (χ1n) is 14.0. The van der Waals surface area contributed by atoms with E-state index in [4.69, 9.17) is 33.2 Å². The summed E-state index contributed by atoms with van der Waals surface area (Å²) in [5.74, 6) is 1.43. The first kappa shape index (κ1) is 27.9. The van der Waals surface area contributed by atoms with Gasteiger partial charge in [-0.3, -0.25) is 18.7 Å². The normalized spacial score (nSPS) is 11.4. The molecule has 0 unspecified atom stereocenters. The molecule has 0 saturated heterocycles. The first-order chi connectivity index (χ1) is 20.4. The second-order valence-corrected chi connectivity index (χ2v) is 11.1. The predicted molar refractivity (Wildman–Crippen MR) is 172 cm³/mol. The molecule has 4 aromatic carbocycles. The lowest BCUT2D eigenvalue weighted by Crippen LogP contribution is -2.24. The Balaban J connectivity index is 1.38. The third-order valence-electron chi connectivity index (χ3n) is 7.33. The van der Waals surface area contributed by atoms with E-state index in [9.17, 15) is 9.59 Å². The summed E-state index contributed by atoms with van der Waals surface area (Å²) >= 11 is 12.4. The number of aromatic nitrogens is 4. The summed E-state index contributed by atoms with van der Waals surface area (Å²) in [5, 5.41) is 1.99. The van der Waals surface area contributed by atoms with Crippen LogP contribution in [-0.2, 0) is 12.8 Å². The third-order valence-corrected chi connectivity index (χ3v) is 7.80. The molecule has 42 heavy (non-hydrogen) atoms. The maximum absolute atomic E-state index is 13.5. The van der Waals surface area contributed by atoms with Crippen molar-refractivity contribution >= 4 is 45.0 Å². The molecule has 0 aliphatic carbocycles. The van der Waals surface area contributed by atoms with Crippen LogP contribution >= 0.6 is 23.2 Å². The highest BCUT2D eigenvalue weighted by molar-refractivity contribution is 6.31. The van der Waals surface area contributed by atoms with Crippen LogP contribution in [0.25, 0.3) is 44.3 Å². The van der Waals surface area contributed by atoms with Crippen molar-refractivity contribution < 1.29 is 0 Å². The zero-order valence-electron chi connectivity index (χ0n) is 23.3. The molecular weight excluding hydrogens is 567 g/mol. The smallest absolute Gasteiger partial charge is 0.266 e. The molecule has 0 N–H and O–H groups in total. The molecule has 0 fully saturated rings. The number of hydrogen-bond acceptors (Lipinski definition) is 4. The summed E-state index contributed by atoms with van der Waals surface area (Å²) in [6.45, 7) is 4.13. The summed E-state index contributed by atoms with van der Waals surface area (Å²) < 4.78 is 3.35. The van der Waals surface area contributed by atoms with Crippen molar-refractivity contribution in [2.45, 2.75) is 39.5 Å². The van der Waals surface area contributed by atoms with Gasteiger partial charge in [-0.1, -0.05) is 61.3 Å². The van der Waals surface area contributed by atoms with Gasteiger partial charge >= 0.3 is 0 Å². The van der Waals surface area contributed by atoms with E-state index < -0.39 is 0 Å². The van der Waals surface area contributed by atoms with Crippen LogP contribution < -0.4 is 11.1 Å². The van der Waals surface area contributed by atoms with Crippen LogP contribution in [0.5, 0.6) is 0 Å². The van der Waals surface area contributed by atoms with Gasteiger partial charge in [-0.05, 0) is 84.6 Å². The number of nitrogens with zero attached hydrogens (tertiary/aromatic N) is 4. The molecule has 2 heterocycles. The second kappa shape index (κ2) is 11.6. The van der Waals surface area contributed by atoms with Crippen molar-refractivity contribution in [3.8, 4) is 22.5 Å². The minimum absolute atomic E-state index is 0.137. The van der Waals surface area contributed by atoms with E-state index in [2.05, 4.69) is 13.8 Å². The zero-order chi connectivity index (χ0) is 29.4. The fourth-order valence-electron chi connectivity index (χ4n) is 5.33. The van der Waals surface area contributed by atoms with E-state index in [0.717, 1.165) is 35.3 Å². The highest BCUT2D eigenvalue weighted by Gasteiger charge is 2.15. The van der Waals surface area contributed by atoms with Gasteiger partial charge in [0.25, 0.3) is 11.1 Å². The number of aryl methyl sites for hydroxylation is 2. The number of halogens is 2. The second-order valence-electron chi connectivity index (χ2n) is 10.3. The van der Waals surface area contributed by atoms with Gasteiger partial charge in [0.2, 0.25) is 0 Å². The highest BCUT2D eigenvalue weighted by atomic mass is 35.5. The predicted octanol–water partition coefficient (Wildman–Crippen LogP) is 7.96. The summed E-state index contributed by atoms with van der Waals surface area (Å²) in [4.78, 5) is 36.6. The third kappa shape index (κ3) is 5.13. The Morgan fingerprint density at radius 1 is 0.571 bits per heavy atom. The van der Waals surface area contributed by atoms with Crippen LogP contribution in [0, 0.1) is 0 Å². The Labute approximate surface area is 252 Å². The summed E-state index contributed by atoms with van der Waals surface area (Å²) in [5.41, 5.74) is 4.47. The van der Waals surface area contributed by atoms with Gasteiger partial charge in [-0.15, -0.1) is 0 Å². The van der Waals surface area contributed by atoms with Crippen molar-refractivity contribution in [3.05, 3.63) is 127 Å². The molecule has 0 aliphatic rings. The standard InChI is InChI=1S/C34H28Cl2N4O2/c1-3-5-31-37-29-17-11-23(35)19-27(29)33(41)39(31)25-13-7-21(8-14-25)22-9-15-26(16-10-22)40-32(6-4-2)38-30-18-12-24(36)20-28(30)34(40)42/h7-20H,3-6H2,1-2H3. The van der Waals surface area contributed by atoms with E-state index in [0.29, 0.717) is 56.3 Å². The fraction of sp³-hybridized carbons (Fsp3) is 0.176. The topological polar surface area (TPSA) is 69.8 Å². The minimum Gasteiger partial charge on any atom is -0.268 e. The van der Waals surface area contributed by atoms with Crippen molar-refractivity contribution in [1.82, 2.24) is 19.1 Å². The van der Waals surface area contributed by atoms with Gasteiger partial charge in [0.15, 0.2) is 0 Å². The van der Waals surface area contributed by atoms with Gasteiger partial charge in [-0.25, -0.2) is 9.97 Å². The van der Waals surface area contributed by atoms with Crippen LogP contribution in [0.2, 0.25) is 10.0 Å². The van der Waals surface area contributed by atoms with Gasteiger partial charge in [0, 0.05) is 22.9 Å². The molecule has 6 aromatic rings. The van der Waals surface area contributed by atoms with Crippen LogP contribution in [0.3, 0.4) is 0 Å². The molecule has 0 spiro atoms. The molecule has 0 aliphatic heterocycles. The highest BCUT2D eigenvalue weighted by Crippen LogP contribution is 2.25. The Morgan fingerprint density at radius 3 is 1.31 bits per heavy atom. The van der Waals surface area contributed by atoms with E-state index in [1.54, 1.807) is 45.5 Å². The molecule has 0 atom stereocenters. The van der Waals surface area contributed by atoms with Crippen LogP contribution in [0.15, 0.2) is 94.5 Å². The van der Waals surface area contributed by atoms with Gasteiger partial charge in [0.05, 0.1) is 33.2 Å². The van der Waals surface area contributed by atoms with E-state index in [-0.39, 0.29) is 11.1 Å². The summed E-state index contributed by atoms with van der Waals surface area (Å²) in [6.07, 6.45) is 3.07. The van der Waals surface area contributed by atoms with Crippen LogP contribution in [-0.4, -0.2) is 19.1 Å². The van der Waals surface area contributed by atoms with Gasteiger partial charge in [0.1, 0.15) is 11.6 Å². The fourth-order valence-corrected chi connectivity index (χ4v) is 5.67. The van der Waals surface area contributed by atoms with Crippen molar-refractivity contribution in [3.63, 3.8) is 0 Å². The maximum atomic E-state index is 13.5. The Kier molecular flexibility index (Phi) is 7.67. The van der Waals surface area contributed by atoms with E-state index >= 15 is 0 Å². The lowest BCUT2D eigenvalue weighted by molar-refractivity contribution is 0.774. The number of rotatable bonds is 7. The molecule has 0 saturated carbocycles. The lowest BCUT2D eigenvalue weighted by atomic mass is 10.0. The molecule has 0 radical (unpaired) electrons. The monoisotopic (exact) mass is 594 g/mol. The lowest BCUT2D eigenvalue weighted by Gasteiger charge is -2.15. The number of fused-ring (bicyclic) bond motifs is 2. The van der Waals surface area contributed by atoms with Crippen molar-refractivity contribution in [1.29, 1.82) is 0 Å². The van der Waals surface area contributed by atoms with Crippen molar-refractivity contribution in [2.24, 2.45) is 0 Å². The molecular formula is C34H28Cl2N4O2. The molecule has 8 heteroatoms. The Morgan fingerprint density at radius 2 is 0.952 bits per heavy atom. The molecule has 0 bridgehead atoms. The maximum Gasteiger partial charge on any atom is 0.266 e. The number of benzene rings is 4. The largest absolute Gasteiger partial charge is 0.268 e. The average Bonchev–Trinajstić information content (AvgIpc) is 2.99.